The van der Waals surface area contributed by atoms with Gasteiger partial charge in [-0.2, -0.15) is 0 Å². The van der Waals surface area contributed by atoms with Gasteiger partial charge in [0.05, 0.1) is 10.6 Å². The van der Waals surface area contributed by atoms with E-state index < -0.39 is 0 Å². The lowest BCUT2D eigenvalue weighted by molar-refractivity contribution is 0.0689. The van der Waals surface area contributed by atoms with Gasteiger partial charge >= 0.3 is 0 Å². The molecular weight excluding hydrogens is 272 g/mol. The van der Waals surface area contributed by atoms with Crippen LogP contribution in [0.4, 0.5) is 0 Å². The Hall–Kier alpha value is -1.09. The number of nitrogens with zero attached hydrogens (tertiary/aromatic N) is 2. The van der Waals surface area contributed by atoms with E-state index in [-0.39, 0.29) is 5.91 Å². The molecule has 20 heavy (non-hydrogen) atoms. The minimum absolute atomic E-state index is 0.0666. The van der Waals surface area contributed by atoms with Crippen molar-refractivity contribution in [3.63, 3.8) is 0 Å². The van der Waals surface area contributed by atoms with Crippen molar-refractivity contribution in [3.8, 4) is 0 Å². The third-order valence-electron chi connectivity index (χ3n) is 4.72. The highest BCUT2D eigenvalue weighted by atomic mass is 35.5. The van der Waals surface area contributed by atoms with Gasteiger partial charge in [-0.15, -0.1) is 0 Å². The van der Waals surface area contributed by atoms with Crippen LogP contribution >= 0.6 is 11.6 Å². The van der Waals surface area contributed by atoms with E-state index in [0.29, 0.717) is 22.5 Å². The third-order valence-corrected chi connectivity index (χ3v) is 5.04. The second kappa shape index (κ2) is 5.72. The lowest BCUT2D eigenvalue weighted by Gasteiger charge is -2.29. The molecule has 1 aromatic heterocycles. The lowest BCUT2D eigenvalue weighted by Crippen LogP contribution is -2.39. The zero-order chi connectivity index (χ0) is 14.1. The van der Waals surface area contributed by atoms with Gasteiger partial charge in [-0.25, -0.2) is 0 Å². The van der Waals surface area contributed by atoms with E-state index in [1.807, 2.05) is 11.8 Å². The van der Waals surface area contributed by atoms with Crippen molar-refractivity contribution in [1.82, 2.24) is 9.88 Å². The summed E-state index contributed by atoms with van der Waals surface area (Å²) in [4.78, 5) is 19.0. The number of rotatable bonds is 2. The van der Waals surface area contributed by atoms with E-state index in [4.69, 9.17) is 11.6 Å². The summed E-state index contributed by atoms with van der Waals surface area (Å²) in [5.41, 5.74) is 1.41. The first-order valence-electron chi connectivity index (χ1n) is 7.60. The number of aryl methyl sites for hydroxylation is 1. The Kier molecular flexibility index (Phi) is 3.97. The summed E-state index contributed by atoms with van der Waals surface area (Å²) in [6.45, 7) is 2.75. The fourth-order valence-corrected chi connectivity index (χ4v) is 4.00. The highest BCUT2D eigenvalue weighted by molar-refractivity contribution is 6.33. The van der Waals surface area contributed by atoms with Gasteiger partial charge < -0.3 is 4.90 Å². The molecule has 1 atom stereocenters. The van der Waals surface area contributed by atoms with Crippen molar-refractivity contribution in [2.75, 3.05) is 6.54 Å². The van der Waals surface area contributed by atoms with Gasteiger partial charge in [0.25, 0.3) is 5.91 Å². The fourth-order valence-electron chi connectivity index (χ4n) is 3.72. The maximum atomic E-state index is 12.7. The predicted molar refractivity (Wildman–Crippen MR) is 80.0 cm³/mol. The van der Waals surface area contributed by atoms with Gasteiger partial charge in [0.2, 0.25) is 0 Å². The van der Waals surface area contributed by atoms with E-state index in [0.717, 1.165) is 25.1 Å². The summed E-state index contributed by atoms with van der Waals surface area (Å²) >= 11 is 6.22. The molecule has 0 bridgehead atoms. The Morgan fingerprint density at radius 2 is 2.05 bits per heavy atom. The molecule has 3 nitrogen and oxygen atoms in total. The standard InChI is InChI=1S/C16H21ClN2O/c1-11-9-14(17)13(10-18-11)16(20)19-8-4-7-15(19)12-5-2-3-6-12/h9-10,12,15H,2-8H2,1H3. The van der Waals surface area contributed by atoms with Gasteiger partial charge in [-0.1, -0.05) is 24.4 Å². The SMILES string of the molecule is Cc1cc(Cl)c(C(=O)N2CCCC2C2CCCC2)cn1. The number of aromatic nitrogens is 1. The zero-order valence-electron chi connectivity index (χ0n) is 11.9. The number of pyridine rings is 1. The molecule has 3 rings (SSSR count). The molecule has 0 radical (unpaired) electrons. The van der Waals surface area contributed by atoms with E-state index in [1.165, 1.54) is 25.7 Å². The number of carbonyl (C=O) groups is 1. The molecule has 1 aliphatic heterocycles. The average molecular weight is 293 g/mol. The summed E-state index contributed by atoms with van der Waals surface area (Å²) in [5, 5.41) is 0.527. The fraction of sp³-hybridized carbons (Fsp3) is 0.625. The Morgan fingerprint density at radius 1 is 1.30 bits per heavy atom. The molecule has 0 aromatic carbocycles. The quantitative estimate of drug-likeness (QED) is 0.830. The van der Waals surface area contributed by atoms with Crippen LogP contribution in [-0.2, 0) is 0 Å². The van der Waals surface area contributed by atoms with Crippen molar-refractivity contribution in [3.05, 3.63) is 28.5 Å². The second-order valence-corrected chi connectivity index (χ2v) is 6.47. The molecule has 2 heterocycles. The van der Waals surface area contributed by atoms with Crippen LogP contribution in [0.3, 0.4) is 0 Å². The molecule has 0 N–H and O–H groups in total. The highest BCUT2D eigenvalue weighted by Gasteiger charge is 2.36. The van der Waals surface area contributed by atoms with Crippen molar-refractivity contribution in [2.24, 2.45) is 5.92 Å². The first-order valence-corrected chi connectivity index (χ1v) is 7.98. The van der Waals surface area contributed by atoms with Crippen LogP contribution in [0, 0.1) is 12.8 Å². The van der Waals surface area contributed by atoms with E-state index >= 15 is 0 Å². The van der Waals surface area contributed by atoms with Crippen LogP contribution in [0.5, 0.6) is 0 Å². The Bertz CT molecular complexity index is 511. The topological polar surface area (TPSA) is 33.2 Å². The normalized spacial score (nSPS) is 23.5. The van der Waals surface area contributed by atoms with Crippen LogP contribution < -0.4 is 0 Å². The van der Waals surface area contributed by atoms with Crippen molar-refractivity contribution in [2.45, 2.75) is 51.5 Å². The minimum Gasteiger partial charge on any atom is -0.335 e. The third kappa shape index (κ3) is 2.56. The van der Waals surface area contributed by atoms with E-state index in [2.05, 4.69) is 4.98 Å². The molecule has 2 fully saturated rings. The summed E-state index contributed by atoms with van der Waals surface area (Å²) in [7, 11) is 0. The molecule has 108 valence electrons. The lowest BCUT2D eigenvalue weighted by atomic mass is 9.95. The maximum absolute atomic E-state index is 12.7. The monoisotopic (exact) mass is 292 g/mol. The average Bonchev–Trinajstić information content (AvgIpc) is 3.09. The van der Waals surface area contributed by atoms with Crippen molar-refractivity contribution >= 4 is 17.5 Å². The van der Waals surface area contributed by atoms with Gasteiger partial charge in [-0.3, -0.25) is 9.78 Å². The number of likely N-dealkylation sites (tertiary alicyclic amines) is 1. The number of carbonyl (C=O) groups excluding carboxylic acids is 1. The molecule has 1 saturated carbocycles. The molecule has 1 aliphatic carbocycles. The van der Waals surface area contributed by atoms with Gasteiger partial charge in [-0.05, 0) is 44.6 Å². The van der Waals surface area contributed by atoms with Gasteiger partial charge in [0.15, 0.2) is 0 Å². The maximum Gasteiger partial charge on any atom is 0.257 e. The zero-order valence-corrected chi connectivity index (χ0v) is 12.7. The second-order valence-electron chi connectivity index (χ2n) is 6.06. The molecule has 0 spiro atoms. The molecule has 4 heteroatoms. The number of amides is 1. The largest absolute Gasteiger partial charge is 0.335 e. The number of hydrogen-bond acceptors (Lipinski definition) is 2. The summed E-state index contributed by atoms with van der Waals surface area (Å²) in [6.07, 6.45) is 9.07. The molecule has 1 amide bonds. The Balaban J connectivity index is 1.81. The number of hydrogen-bond donors (Lipinski definition) is 0. The number of halogens is 1. The molecule has 1 unspecified atom stereocenters. The van der Waals surface area contributed by atoms with Gasteiger partial charge in [0.1, 0.15) is 0 Å². The van der Waals surface area contributed by atoms with Crippen LogP contribution in [-0.4, -0.2) is 28.4 Å². The predicted octanol–water partition coefficient (Wildman–Crippen LogP) is 3.84. The van der Waals surface area contributed by atoms with Crippen LogP contribution in [0.25, 0.3) is 0 Å². The van der Waals surface area contributed by atoms with Crippen LogP contribution in [0.1, 0.15) is 54.6 Å². The van der Waals surface area contributed by atoms with E-state index in [1.54, 1.807) is 12.3 Å². The summed E-state index contributed by atoms with van der Waals surface area (Å²) in [6, 6.07) is 2.19. The summed E-state index contributed by atoms with van der Waals surface area (Å²) < 4.78 is 0. The molecular formula is C16H21ClN2O. The first kappa shape index (κ1) is 13.9. The molecule has 2 aliphatic rings. The highest BCUT2D eigenvalue weighted by Crippen LogP contribution is 2.36. The summed E-state index contributed by atoms with van der Waals surface area (Å²) in [5.74, 6) is 0.760. The molecule has 1 aromatic rings. The van der Waals surface area contributed by atoms with Gasteiger partial charge in [0, 0.05) is 24.5 Å². The van der Waals surface area contributed by atoms with Crippen LogP contribution in [0.2, 0.25) is 5.02 Å². The minimum atomic E-state index is 0.0666. The molecule has 1 saturated heterocycles. The van der Waals surface area contributed by atoms with Crippen molar-refractivity contribution in [1.29, 1.82) is 0 Å². The smallest absolute Gasteiger partial charge is 0.257 e. The van der Waals surface area contributed by atoms with Crippen molar-refractivity contribution < 1.29 is 4.79 Å². The van der Waals surface area contributed by atoms with Crippen LogP contribution in [0.15, 0.2) is 12.3 Å². The Morgan fingerprint density at radius 3 is 2.75 bits per heavy atom. The Labute approximate surface area is 125 Å². The van der Waals surface area contributed by atoms with E-state index in [9.17, 15) is 4.79 Å². The first-order chi connectivity index (χ1) is 9.66.